The summed E-state index contributed by atoms with van der Waals surface area (Å²) in [6, 6.07) is 1.07. The highest BCUT2D eigenvalue weighted by molar-refractivity contribution is 5.78. The van der Waals surface area contributed by atoms with Crippen LogP contribution < -0.4 is 5.32 Å². The maximum atomic E-state index is 12.0. The third kappa shape index (κ3) is 3.95. The Balaban J connectivity index is 1.68. The summed E-state index contributed by atoms with van der Waals surface area (Å²) in [5.41, 5.74) is 0. The van der Waals surface area contributed by atoms with Crippen LogP contribution in [-0.2, 0) is 4.79 Å². The van der Waals surface area contributed by atoms with E-state index in [1.807, 2.05) is 11.9 Å². The molecule has 1 aliphatic heterocycles. The van der Waals surface area contributed by atoms with Crippen molar-refractivity contribution in [3.05, 3.63) is 0 Å². The van der Waals surface area contributed by atoms with Crippen molar-refractivity contribution in [1.29, 1.82) is 0 Å². The van der Waals surface area contributed by atoms with Gasteiger partial charge in [-0.15, -0.1) is 0 Å². The fraction of sp³-hybridized carbons (Fsp3) is 0.929. The minimum Gasteiger partial charge on any atom is -0.342 e. The lowest BCUT2D eigenvalue weighted by Gasteiger charge is -2.36. The number of piperidine rings is 1. The molecule has 0 aromatic carbocycles. The average Bonchev–Trinajstić information content (AvgIpc) is 3.20. The van der Waals surface area contributed by atoms with Crippen molar-refractivity contribution >= 4 is 5.91 Å². The quantitative estimate of drug-likeness (QED) is 0.769. The lowest BCUT2D eigenvalue weighted by atomic mass is 10.0. The molecule has 1 aliphatic carbocycles. The zero-order valence-electron chi connectivity index (χ0n) is 11.8. The van der Waals surface area contributed by atoms with E-state index < -0.39 is 0 Å². The van der Waals surface area contributed by atoms with Crippen LogP contribution >= 0.6 is 0 Å². The van der Waals surface area contributed by atoms with E-state index in [1.165, 1.54) is 25.8 Å². The molecule has 2 aliphatic rings. The zero-order valence-corrected chi connectivity index (χ0v) is 11.8. The molecule has 18 heavy (non-hydrogen) atoms. The molecule has 0 bridgehead atoms. The first-order chi connectivity index (χ1) is 8.70. The van der Waals surface area contributed by atoms with Gasteiger partial charge in [0.15, 0.2) is 0 Å². The number of carbonyl (C=O) groups excluding carboxylic acids is 1. The highest BCUT2D eigenvalue weighted by Gasteiger charge is 2.26. The van der Waals surface area contributed by atoms with Gasteiger partial charge >= 0.3 is 0 Å². The SMILES string of the molecule is CCCN1CCC(N(C)C(=O)CNC2CC2)CC1. The van der Waals surface area contributed by atoms with Gasteiger partial charge in [0.25, 0.3) is 0 Å². The maximum Gasteiger partial charge on any atom is 0.236 e. The van der Waals surface area contributed by atoms with Gasteiger partial charge in [0.05, 0.1) is 6.54 Å². The summed E-state index contributed by atoms with van der Waals surface area (Å²) in [6.45, 7) is 6.24. The average molecular weight is 253 g/mol. The number of likely N-dealkylation sites (tertiary alicyclic amines) is 1. The first kappa shape index (κ1) is 13.8. The first-order valence-electron chi connectivity index (χ1n) is 7.42. The minimum atomic E-state index is 0.260. The monoisotopic (exact) mass is 253 g/mol. The third-order valence-corrected chi connectivity index (χ3v) is 4.16. The van der Waals surface area contributed by atoms with E-state index in [0.717, 1.165) is 25.9 Å². The largest absolute Gasteiger partial charge is 0.342 e. The number of carbonyl (C=O) groups is 1. The number of likely N-dealkylation sites (N-methyl/N-ethyl adjacent to an activating group) is 1. The Bertz CT molecular complexity index is 270. The van der Waals surface area contributed by atoms with E-state index in [-0.39, 0.29) is 5.91 Å². The van der Waals surface area contributed by atoms with Crippen LogP contribution in [0.2, 0.25) is 0 Å². The number of nitrogens with one attached hydrogen (secondary N) is 1. The van der Waals surface area contributed by atoms with Gasteiger partial charge in [-0.1, -0.05) is 6.92 Å². The predicted molar refractivity (Wildman–Crippen MR) is 73.5 cm³/mol. The molecule has 0 aromatic rings. The lowest BCUT2D eigenvalue weighted by molar-refractivity contribution is -0.131. The molecule has 1 amide bonds. The molecule has 0 atom stereocenters. The van der Waals surface area contributed by atoms with Crippen molar-refractivity contribution in [2.45, 2.75) is 51.1 Å². The molecule has 2 fully saturated rings. The topological polar surface area (TPSA) is 35.6 Å². The number of hydrogen-bond acceptors (Lipinski definition) is 3. The molecule has 0 aromatic heterocycles. The Hall–Kier alpha value is -0.610. The summed E-state index contributed by atoms with van der Waals surface area (Å²) in [5, 5.41) is 3.30. The normalized spacial score (nSPS) is 22.1. The number of nitrogens with zero attached hydrogens (tertiary/aromatic N) is 2. The highest BCUT2D eigenvalue weighted by atomic mass is 16.2. The van der Waals surface area contributed by atoms with Crippen molar-refractivity contribution in [3.63, 3.8) is 0 Å². The summed E-state index contributed by atoms with van der Waals surface area (Å²) in [5.74, 6) is 0.260. The number of amides is 1. The molecule has 1 N–H and O–H groups in total. The van der Waals surface area contributed by atoms with Crippen molar-refractivity contribution in [1.82, 2.24) is 15.1 Å². The lowest BCUT2D eigenvalue weighted by Crippen LogP contribution is -2.48. The van der Waals surface area contributed by atoms with Crippen LogP contribution in [-0.4, -0.2) is 61.0 Å². The van der Waals surface area contributed by atoms with Gasteiger partial charge < -0.3 is 15.1 Å². The summed E-state index contributed by atoms with van der Waals surface area (Å²) in [7, 11) is 1.97. The van der Waals surface area contributed by atoms with Gasteiger partial charge in [0, 0.05) is 32.2 Å². The van der Waals surface area contributed by atoms with Gasteiger partial charge in [0.1, 0.15) is 0 Å². The second-order valence-electron chi connectivity index (χ2n) is 5.73. The van der Waals surface area contributed by atoms with Crippen molar-refractivity contribution < 1.29 is 4.79 Å². The van der Waals surface area contributed by atoms with Crippen LogP contribution in [0.15, 0.2) is 0 Å². The Kier molecular flexibility index (Phi) is 5.01. The number of hydrogen-bond donors (Lipinski definition) is 1. The fourth-order valence-electron chi connectivity index (χ4n) is 2.69. The van der Waals surface area contributed by atoms with E-state index >= 15 is 0 Å². The molecule has 104 valence electrons. The molecular weight excluding hydrogens is 226 g/mol. The van der Waals surface area contributed by atoms with E-state index in [0.29, 0.717) is 18.6 Å². The van der Waals surface area contributed by atoms with Gasteiger partial charge in [-0.3, -0.25) is 4.79 Å². The molecule has 0 unspecified atom stereocenters. The Morgan fingerprint density at radius 2 is 1.94 bits per heavy atom. The molecule has 2 rings (SSSR count). The van der Waals surface area contributed by atoms with Gasteiger partial charge in [-0.25, -0.2) is 0 Å². The smallest absolute Gasteiger partial charge is 0.236 e. The van der Waals surface area contributed by atoms with E-state index in [1.54, 1.807) is 0 Å². The van der Waals surface area contributed by atoms with Gasteiger partial charge in [0.2, 0.25) is 5.91 Å². The maximum absolute atomic E-state index is 12.0. The van der Waals surface area contributed by atoms with Crippen LogP contribution in [0.3, 0.4) is 0 Å². The van der Waals surface area contributed by atoms with E-state index in [4.69, 9.17) is 0 Å². The molecule has 1 saturated heterocycles. The van der Waals surface area contributed by atoms with E-state index in [9.17, 15) is 4.79 Å². The standard InChI is InChI=1S/C14H27N3O/c1-3-8-17-9-6-13(7-10-17)16(2)14(18)11-15-12-4-5-12/h12-13,15H,3-11H2,1-2H3. The van der Waals surface area contributed by atoms with Gasteiger partial charge in [-0.05, 0) is 38.6 Å². The van der Waals surface area contributed by atoms with Crippen LogP contribution in [0, 0.1) is 0 Å². The van der Waals surface area contributed by atoms with Crippen molar-refractivity contribution in [2.75, 3.05) is 33.2 Å². The second kappa shape index (κ2) is 6.53. The molecular formula is C14H27N3O. The Labute approximate surface area is 111 Å². The van der Waals surface area contributed by atoms with Crippen LogP contribution in [0.25, 0.3) is 0 Å². The Morgan fingerprint density at radius 3 is 2.50 bits per heavy atom. The fourth-order valence-corrected chi connectivity index (χ4v) is 2.69. The zero-order chi connectivity index (χ0) is 13.0. The first-order valence-corrected chi connectivity index (χ1v) is 7.42. The summed E-state index contributed by atoms with van der Waals surface area (Å²) in [4.78, 5) is 16.5. The molecule has 0 spiro atoms. The molecule has 4 heteroatoms. The summed E-state index contributed by atoms with van der Waals surface area (Å²) < 4.78 is 0. The summed E-state index contributed by atoms with van der Waals surface area (Å²) in [6.07, 6.45) is 5.97. The predicted octanol–water partition coefficient (Wildman–Crippen LogP) is 1.07. The van der Waals surface area contributed by atoms with Crippen molar-refractivity contribution in [3.8, 4) is 0 Å². The number of rotatable bonds is 6. The van der Waals surface area contributed by atoms with E-state index in [2.05, 4.69) is 17.1 Å². The molecule has 4 nitrogen and oxygen atoms in total. The Morgan fingerprint density at radius 1 is 1.28 bits per heavy atom. The van der Waals surface area contributed by atoms with Crippen molar-refractivity contribution in [2.24, 2.45) is 0 Å². The van der Waals surface area contributed by atoms with Crippen LogP contribution in [0.4, 0.5) is 0 Å². The second-order valence-corrected chi connectivity index (χ2v) is 5.73. The molecule has 1 saturated carbocycles. The van der Waals surface area contributed by atoms with Crippen LogP contribution in [0.1, 0.15) is 39.0 Å². The van der Waals surface area contributed by atoms with Gasteiger partial charge in [-0.2, -0.15) is 0 Å². The van der Waals surface area contributed by atoms with Crippen LogP contribution in [0.5, 0.6) is 0 Å². The molecule has 1 heterocycles. The highest BCUT2D eigenvalue weighted by Crippen LogP contribution is 2.19. The minimum absolute atomic E-state index is 0.260. The molecule has 0 radical (unpaired) electrons. The third-order valence-electron chi connectivity index (χ3n) is 4.16. The summed E-state index contributed by atoms with van der Waals surface area (Å²) >= 11 is 0.